The molecule has 2 N–H and O–H groups in total. The number of carbonyl (C=O) groups excluding carboxylic acids is 1. The summed E-state index contributed by atoms with van der Waals surface area (Å²) < 4.78 is 29.2. The molecule has 5 rings (SSSR count). The van der Waals surface area contributed by atoms with Crippen LogP contribution in [-0.4, -0.2) is 57.9 Å². The van der Waals surface area contributed by atoms with Crippen LogP contribution < -0.4 is 10.9 Å². The van der Waals surface area contributed by atoms with Gasteiger partial charge in [0.1, 0.15) is 5.69 Å². The van der Waals surface area contributed by atoms with Crippen molar-refractivity contribution in [2.24, 2.45) is 0 Å². The maximum Gasteiger partial charge on any atom is 0.264 e. The van der Waals surface area contributed by atoms with Gasteiger partial charge in [-0.25, -0.2) is 18.5 Å². The fourth-order valence-corrected chi connectivity index (χ4v) is 5.23. The molecule has 12 heteroatoms. The standard InChI is InChI=1S/C21H18N6O4S.C7H14O.H2/c1-12-19(32(2,30)31)7-14(10-22-12)21(29)24-11-15-8-18-13(9-23-15)3-4-16(25-18)17-5-6-20(28)27-26-17;1-6-4-3-5-7(2)8-6;/h3-10H,11H2,1-2H3,(H,24,29)(H,27,28);6-7H,3-5H2,1-2H3;1H/t;6-,7+;. The fourth-order valence-electron chi connectivity index (χ4n) is 4.30. The minimum absolute atomic E-state index is 0. The van der Waals surface area contributed by atoms with Crippen molar-refractivity contribution >= 4 is 26.6 Å². The summed E-state index contributed by atoms with van der Waals surface area (Å²) in [5.74, 6) is -0.469. The van der Waals surface area contributed by atoms with E-state index >= 15 is 0 Å². The molecular formula is C28H34N6O5S. The number of hydrogen-bond acceptors (Lipinski definition) is 9. The summed E-state index contributed by atoms with van der Waals surface area (Å²) >= 11 is 0. The molecular weight excluding hydrogens is 532 g/mol. The number of ether oxygens (including phenoxy) is 1. The second kappa shape index (κ2) is 12.4. The smallest absolute Gasteiger partial charge is 0.264 e. The van der Waals surface area contributed by atoms with E-state index in [0.717, 1.165) is 11.6 Å². The summed E-state index contributed by atoms with van der Waals surface area (Å²) in [5.41, 5.74) is 2.48. The molecule has 5 heterocycles. The van der Waals surface area contributed by atoms with E-state index in [1.165, 1.54) is 37.6 Å². The van der Waals surface area contributed by atoms with E-state index in [1.54, 1.807) is 31.3 Å². The predicted molar refractivity (Wildman–Crippen MR) is 153 cm³/mol. The lowest BCUT2D eigenvalue weighted by Crippen LogP contribution is -2.24. The lowest BCUT2D eigenvalue weighted by Gasteiger charge is -2.24. The van der Waals surface area contributed by atoms with Crippen LogP contribution in [-0.2, 0) is 21.1 Å². The molecule has 40 heavy (non-hydrogen) atoms. The Morgan fingerprint density at radius 2 is 1.80 bits per heavy atom. The zero-order valence-electron chi connectivity index (χ0n) is 22.8. The average molecular weight is 567 g/mol. The van der Waals surface area contributed by atoms with Crippen molar-refractivity contribution in [3.63, 3.8) is 0 Å². The third-order valence-electron chi connectivity index (χ3n) is 6.39. The first kappa shape index (κ1) is 29.0. The van der Waals surface area contributed by atoms with Crippen LogP contribution in [0, 0.1) is 6.92 Å². The number of nitrogens with zero attached hydrogens (tertiary/aromatic N) is 4. The molecule has 0 saturated carbocycles. The number of carbonyl (C=O) groups is 1. The normalized spacial score (nSPS) is 17.1. The van der Waals surface area contributed by atoms with Gasteiger partial charge in [0.2, 0.25) is 0 Å². The summed E-state index contributed by atoms with van der Waals surface area (Å²) in [6, 6.07) is 9.61. The Hall–Kier alpha value is -4.03. The zero-order valence-corrected chi connectivity index (χ0v) is 23.7. The monoisotopic (exact) mass is 566 g/mol. The number of fused-ring (bicyclic) bond motifs is 1. The number of rotatable bonds is 5. The van der Waals surface area contributed by atoms with Crippen molar-refractivity contribution in [3.8, 4) is 11.4 Å². The summed E-state index contributed by atoms with van der Waals surface area (Å²) in [4.78, 5) is 36.6. The number of aromatic amines is 1. The number of hydrogen-bond donors (Lipinski definition) is 2. The van der Waals surface area contributed by atoms with Crippen LogP contribution >= 0.6 is 0 Å². The first-order valence-electron chi connectivity index (χ1n) is 12.9. The lowest BCUT2D eigenvalue weighted by molar-refractivity contribution is -0.0292. The van der Waals surface area contributed by atoms with Crippen molar-refractivity contribution < 1.29 is 19.4 Å². The highest BCUT2D eigenvalue weighted by Gasteiger charge is 2.16. The Morgan fingerprint density at radius 3 is 2.42 bits per heavy atom. The topological polar surface area (TPSA) is 157 Å². The molecule has 1 saturated heterocycles. The number of nitrogens with one attached hydrogen (secondary N) is 2. The van der Waals surface area contributed by atoms with Gasteiger partial charge < -0.3 is 10.1 Å². The highest BCUT2D eigenvalue weighted by Crippen LogP contribution is 2.19. The van der Waals surface area contributed by atoms with Crippen LogP contribution in [0.5, 0.6) is 0 Å². The lowest BCUT2D eigenvalue weighted by atomic mass is 10.1. The molecule has 0 radical (unpaired) electrons. The summed E-state index contributed by atoms with van der Waals surface area (Å²) in [7, 11) is -3.50. The molecule has 0 unspecified atom stereocenters. The third-order valence-corrected chi connectivity index (χ3v) is 7.60. The predicted octanol–water partition coefficient (Wildman–Crippen LogP) is 3.63. The molecule has 4 aromatic heterocycles. The van der Waals surface area contributed by atoms with Crippen molar-refractivity contribution in [1.82, 2.24) is 30.5 Å². The number of H-pyrrole nitrogens is 1. The minimum atomic E-state index is -3.50. The van der Waals surface area contributed by atoms with Crippen LogP contribution in [0.2, 0.25) is 0 Å². The molecule has 11 nitrogen and oxygen atoms in total. The van der Waals surface area contributed by atoms with Crippen LogP contribution in [0.25, 0.3) is 22.3 Å². The van der Waals surface area contributed by atoms with E-state index in [4.69, 9.17) is 4.74 Å². The summed E-state index contributed by atoms with van der Waals surface area (Å²) in [6.07, 6.45) is 8.93. The van der Waals surface area contributed by atoms with Crippen LogP contribution in [0.3, 0.4) is 0 Å². The van der Waals surface area contributed by atoms with Gasteiger partial charge in [-0.2, -0.15) is 5.10 Å². The Kier molecular flexibility index (Phi) is 9.00. The van der Waals surface area contributed by atoms with Crippen molar-refractivity contribution in [2.75, 3.05) is 6.26 Å². The van der Waals surface area contributed by atoms with Gasteiger partial charge in [-0.3, -0.25) is 19.6 Å². The maximum atomic E-state index is 12.5. The van der Waals surface area contributed by atoms with Gasteiger partial charge in [0, 0.05) is 31.5 Å². The molecule has 1 amide bonds. The van der Waals surface area contributed by atoms with Gasteiger partial charge >= 0.3 is 0 Å². The Balaban J connectivity index is 0.000000444. The minimum Gasteiger partial charge on any atom is -0.376 e. The zero-order chi connectivity index (χ0) is 28.9. The molecule has 1 fully saturated rings. The van der Waals surface area contributed by atoms with Gasteiger partial charge in [-0.1, -0.05) is 0 Å². The van der Waals surface area contributed by atoms with Gasteiger partial charge in [-0.05, 0) is 70.4 Å². The Bertz CT molecular complexity index is 1670. The summed E-state index contributed by atoms with van der Waals surface area (Å²) in [5, 5.41) is 9.87. The second-order valence-corrected chi connectivity index (χ2v) is 11.8. The molecule has 0 aliphatic carbocycles. The SMILES string of the molecule is C[C@@H]1CCC[C@H](C)O1.Cc1ncc(C(=O)NCc2cc3nc(-c4ccc(=O)[nH]n4)ccc3cn2)cc1S(C)(=O)=O.[HH]. The number of sulfone groups is 1. The highest BCUT2D eigenvalue weighted by molar-refractivity contribution is 7.90. The van der Waals surface area contributed by atoms with Gasteiger partial charge in [0.15, 0.2) is 9.84 Å². The molecule has 4 aromatic rings. The van der Waals surface area contributed by atoms with Crippen LogP contribution in [0.1, 0.15) is 56.3 Å². The number of aryl methyl sites for hydroxylation is 1. The summed E-state index contributed by atoms with van der Waals surface area (Å²) in [6.45, 7) is 5.98. The largest absolute Gasteiger partial charge is 0.376 e. The first-order chi connectivity index (χ1) is 19.0. The molecule has 0 aromatic carbocycles. The third kappa shape index (κ3) is 7.54. The van der Waals surface area contributed by atoms with E-state index in [0.29, 0.717) is 40.5 Å². The molecule has 1 aliphatic rings. The molecule has 212 valence electrons. The van der Waals surface area contributed by atoms with E-state index in [9.17, 15) is 18.0 Å². The van der Waals surface area contributed by atoms with E-state index < -0.39 is 15.7 Å². The number of aromatic nitrogens is 5. The van der Waals surface area contributed by atoms with E-state index in [-0.39, 0.29) is 24.0 Å². The fraction of sp³-hybridized carbons (Fsp3) is 0.357. The van der Waals surface area contributed by atoms with Crippen molar-refractivity contribution in [2.45, 2.75) is 63.7 Å². The van der Waals surface area contributed by atoms with Crippen molar-refractivity contribution in [1.29, 1.82) is 0 Å². The van der Waals surface area contributed by atoms with Gasteiger partial charge in [-0.15, -0.1) is 0 Å². The van der Waals surface area contributed by atoms with Gasteiger partial charge in [0.25, 0.3) is 11.5 Å². The Labute approximate surface area is 233 Å². The maximum absolute atomic E-state index is 12.5. The van der Waals surface area contributed by atoms with E-state index in [1.807, 2.05) is 6.07 Å². The molecule has 0 bridgehead atoms. The van der Waals surface area contributed by atoms with Crippen molar-refractivity contribution in [3.05, 3.63) is 76.1 Å². The number of pyridine rings is 3. The quantitative estimate of drug-likeness (QED) is 0.368. The highest BCUT2D eigenvalue weighted by atomic mass is 32.2. The first-order valence-corrected chi connectivity index (χ1v) is 14.8. The molecule has 2 atom stereocenters. The van der Waals surface area contributed by atoms with Crippen LogP contribution in [0.15, 0.2) is 58.5 Å². The van der Waals surface area contributed by atoms with E-state index in [2.05, 4.69) is 44.3 Å². The Morgan fingerprint density at radius 1 is 1.07 bits per heavy atom. The average Bonchev–Trinajstić information content (AvgIpc) is 2.91. The molecule has 0 spiro atoms. The van der Waals surface area contributed by atoms with Gasteiger partial charge in [0.05, 0.1) is 51.8 Å². The molecule has 1 aliphatic heterocycles. The second-order valence-electron chi connectivity index (χ2n) is 9.82. The van der Waals surface area contributed by atoms with Crippen LogP contribution in [0.4, 0.5) is 0 Å². The number of amides is 1.